The van der Waals surface area contributed by atoms with E-state index in [1.54, 1.807) is 0 Å². The van der Waals surface area contributed by atoms with Crippen LogP contribution in [0.3, 0.4) is 0 Å². The molecular formula is C28H32O14. The summed E-state index contributed by atoms with van der Waals surface area (Å²) in [6.45, 7) is -2.43. The fourth-order valence-corrected chi connectivity index (χ4v) is 4.48. The van der Waals surface area contributed by atoms with Gasteiger partial charge in [-0.15, -0.1) is 0 Å². The maximum atomic E-state index is 13.5. The summed E-state index contributed by atoms with van der Waals surface area (Å²) in [7, 11) is 5.07. The predicted molar refractivity (Wildman–Crippen MR) is 144 cm³/mol. The van der Waals surface area contributed by atoms with E-state index in [1.807, 2.05) is 0 Å². The number of benzene rings is 2. The Morgan fingerprint density at radius 1 is 0.810 bits per heavy atom. The summed E-state index contributed by atoms with van der Waals surface area (Å²) < 4.78 is 25.2. The minimum absolute atomic E-state index is 0.0276. The number of aliphatic hydroxyl groups is 5. The molecule has 0 spiro atoms. The van der Waals surface area contributed by atoms with E-state index in [4.69, 9.17) is 23.7 Å². The Morgan fingerprint density at radius 3 is 1.55 bits per heavy atom. The maximum absolute atomic E-state index is 13.5. The van der Waals surface area contributed by atoms with Crippen LogP contribution in [0.15, 0.2) is 36.4 Å². The molecular weight excluding hydrogens is 560 g/mol. The number of ether oxygens (including phenoxy) is 5. The highest BCUT2D eigenvalue weighted by molar-refractivity contribution is 6.11. The average Bonchev–Trinajstić information content (AvgIpc) is 3.00. The van der Waals surface area contributed by atoms with Crippen LogP contribution in [-0.2, 0) is 14.3 Å². The summed E-state index contributed by atoms with van der Waals surface area (Å²) >= 11 is 0. The zero-order valence-electron chi connectivity index (χ0n) is 23.1. The summed E-state index contributed by atoms with van der Waals surface area (Å²) in [5.41, 5.74) is -6.73. The van der Waals surface area contributed by atoms with Crippen LogP contribution >= 0.6 is 0 Å². The molecule has 228 valence electrons. The van der Waals surface area contributed by atoms with Crippen LogP contribution in [-0.4, -0.2) is 112 Å². The third-order valence-corrected chi connectivity index (χ3v) is 6.88. The van der Waals surface area contributed by atoms with Crippen LogP contribution in [0.25, 0.3) is 12.2 Å². The van der Waals surface area contributed by atoms with E-state index in [0.29, 0.717) is 12.2 Å². The first-order chi connectivity index (χ1) is 19.8. The molecule has 1 aliphatic heterocycles. The smallest absolute Gasteiger partial charge is 0.230 e. The van der Waals surface area contributed by atoms with E-state index >= 15 is 0 Å². The highest BCUT2D eigenvalue weighted by Gasteiger charge is 2.74. The van der Waals surface area contributed by atoms with Crippen LogP contribution < -0.4 is 18.9 Å². The molecule has 0 unspecified atom stereocenters. The van der Waals surface area contributed by atoms with E-state index in [0.717, 1.165) is 12.2 Å². The normalized spacial score (nSPS) is 25.9. The molecule has 0 amide bonds. The van der Waals surface area contributed by atoms with Crippen molar-refractivity contribution in [2.75, 3.05) is 41.7 Å². The molecule has 1 aliphatic rings. The first-order valence-electron chi connectivity index (χ1n) is 12.2. The van der Waals surface area contributed by atoms with Gasteiger partial charge in [-0.05, 0) is 47.5 Å². The molecule has 0 radical (unpaired) electrons. The molecule has 0 aromatic heterocycles. The van der Waals surface area contributed by atoms with Crippen LogP contribution in [0.2, 0.25) is 0 Å². The van der Waals surface area contributed by atoms with Gasteiger partial charge in [-0.25, -0.2) is 0 Å². The summed E-state index contributed by atoms with van der Waals surface area (Å²) in [5.74, 6) is -7.04. The lowest BCUT2D eigenvalue weighted by Crippen LogP contribution is -2.82. The van der Waals surface area contributed by atoms with Crippen LogP contribution in [0, 0.1) is 0 Å². The zero-order chi connectivity index (χ0) is 31.5. The molecule has 14 nitrogen and oxygen atoms in total. The second-order valence-electron chi connectivity index (χ2n) is 9.19. The second-order valence-corrected chi connectivity index (χ2v) is 9.19. The SMILES string of the molecule is COc1cc(/C=C/C(=O)[C@@]2(O)[C@@](O)(CO)OC[C@@H](O)[C@]2(O)C(=O)/C=C/c2cc(OC)c(O)c(OC)c2)cc(OC)c1O. The molecule has 0 aliphatic carbocycles. The Bertz CT molecular complexity index is 1350. The molecule has 2 aromatic carbocycles. The molecule has 3 rings (SSSR count). The number of phenolic OH excluding ortho intramolecular Hbond substituents is 2. The average molecular weight is 593 g/mol. The summed E-state index contributed by atoms with van der Waals surface area (Å²) in [6, 6.07) is 5.18. The van der Waals surface area contributed by atoms with Gasteiger partial charge in [-0.2, -0.15) is 0 Å². The topological polar surface area (TPSA) is 222 Å². The fourth-order valence-electron chi connectivity index (χ4n) is 4.48. The quantitative estimate of drug-likeness (QED) is 0.164. The monoisotopic (exact) mass is 592 g/mol. The van der Waals surface area contributed by atoms with Crippen molar-refractivity contribution in [2.24, 2.45) is 0 Å². The third kappa shape index (κ3) is 5.27. The van der Waals surface area contributed by atoms with Crippen molar-refractivity contribution >= 4 is 23.7 Å². The molecule has 14 heteroatoms. The second kappa shape index (κ2) is 12.4. The van der Waals surface area contributed by atoms with E-state index in [2.05, 4.69) is 0 Å². The Morgan fingerprint density at radius 2 is 1.19 bits per heavy atom. The van der Waals surface area contributed by atoms with E-state index in [1.165, 1.54) is 52.7 Å². The van der Waals surface area contributed by atoms with Crippen LogP contribution in [0.5, 0.6) is 34.5 Å². The first-order valence-corrected chi connectivity index (χ1v) is 12.2. The number of carbonyl (C=O) groups excluding carboxylic acids is 2. The molecule has 7 N–H and O–H groups in total. The Balaban J connectivity index is 2.09. The molecule has 1 fully saturated rings. The minimum Gasteiger partial charge on any atom is -0.502 e. The van der Waals surface area contributed by atoms with Gasteiger partial charge in [0, 0.05) is 0 Å². The lowest BCUT2D eigenvalue weighted by molar-refractivity contribution is -0.376. The van der Waals surface area contributed by atoms with Crippen molar-refractivity contribution < 1.29 is 69.0 Å². The number of carbonyl (C=O) groups is 2. The largest absolute Gasteiger partial charge is 0.502 e. The highest BCUT2D eigenvalue weighted by Crippen LogP contribution is 2.44. The molecule has 2 aromatic rings. The van der Waals surface area contributed by atoms with Gasteiger partial charge in [0.05, 0.1) is 35.0 Å². The van der Waals surface area contributed by atoms with Gasteiger partial charge in [0.15, 0.2) is 40.2 Å². The lowest BCUT2D eigenvalue weighted by Gasteiger charge is -2.53. The van der Waals surface area contributed by atoms with E-state index in [-0.39, 0.29) is 45.6 Å². The Kier molecular flexibility index (Phi) is 9.52. The van der Waals surface area contributed by atoms with E-state index < -0.39 is 47.9 Å². The molecule has 4 atom stereocenters. The van der Waals surface area contributed by atoms with Gasteiger partial charge in [0.1, 0.15) is 12.7 Å². The number of hydrogen-bond donors (Lipinski definition) is 7. The van der Waals surface area contributed by atoms with Crippen molar-refractivity contribution in [1.82, 2.24) is 0 Å². The van der Waals surface area contributed by atoms with Crippen LogP contribution in [0.4, 0.5) is 0 Å². The third-order valence-electron chi connectivity index (χ3n) is 6.88. The number of rotatable bonds is 11. The van der Waals surface area contributed by atoms with Gasteiger partial charge in [-0.3, -0.25) is 9.59 Å². The van der Waals surface area contributed by atoms with Crippen molar-refractivity contribution in [1.29, 1.82) is 0 Å². The number of aliphatic hydroxyl groups excluding tert-OH is 2. The number of phenols is 2. The Hall–Kier alpha value is -4.18. The Labute approximate surface area is 239 Å². The zero-order valence-corrected chi connectivity index (χ0v) is 23.1. The van der Waals surface area contributed by atoms with Gasteiger partial charge in [0.25, 0.3) is 0 Å². The van der Waals surface area contributed by atoms with Crippen LogP contribution in [0.1, 0.15) is 11.1 Å². The first kappa shape index (κ1) is 32.3. The van der Waals surface area contributed by atoms with Gasteiger partial charge >= 0.3 is 0 Å². The summed E-state index contributed by atoms with van der Waals surface area (Å²) in [5, 5.41) is 74.8. The lowest BCUT2D eigenvalue weighted by atomic mass is 9.66. The van der Waals surface area contributed by atoms with Crippen molar-refractivity contribution in [3.8, 4) is 34.5 Å². The van der Waals surface area contributed by atoms with Gasteiger partial charge in [0.2, 0.25) is 22.9 Å². The number of aromatic hydroxyl groups is 2. The van der Waals surface area contributed by atoms with E-state index in [9.17, 15) is 45.3 Å². The summed E-state index contributed by atoms with van der Waals surface area (Å²) in [6.07, 6.45) is 1.27. The van der Waals surface area contributed by atoms with Gasteiger partial charge in [-0.1, -0.05) is 12.2 Å². The molecule has 0 bridgehead atoms. The van der Waals surface area contributed by atoms with Crippen molar-refractivity contribution in [3.05, 3.63) is 47.5 Å². The van der Waals surface area contributed by atoms with Crippen molar-refractivity contribution in [3.63, 3.8) is 0 Å². The predicted octanol–water partition coefficient (Wildman–Crippen LogP) is -0.469. The molecule has 1 heterocycles. The molecule has 1 saturated heterocycles. The standard InChI is InChI=1S/C28H32O14/c1-38-17-9-15(10-18(39-2)24(17)33)5-7-21(30)27(36)23(32)13-42-26(35,14-29)28(27,37)22(31)8-6-16-11-19(40-3)25(34)20(12-16)41-4/h5-12,23,29,32-37H,13-14H2,1-4H3/b7-5+,8-6+/t23-,26-,27-,28-/m1/s1. The number of ketones is 2. The summed E-state index contributed by atoms with van der Waals surface area (Å²) in [4.78, 5) is 26.9. The highest BCUT2D eigenvalue weighted by atomic mass is 16.7. The maximum Gasteiger partial charge on any atom is 0.230 e. The minimum atomic E-state index is -3.65. The van der Waals surface area contributed by atoms with Crippen molar-refractivity contribution in [2.45, 2.75) is 23.1 Å². The number of hydrogen-bond acceptors (Lipinski definition) is 14. The molecule has 0 saturated carbocycles. The number of methoxy groups -OCH3 is 4. The molecule has 42 heavy (non-hydrogen) atoms. The van der Waals surface area contributed by atoms with Gasteiger partial charge < -0.3 is 59.4 Å². The fraction of sp³-hybridized carbons (Fsp3) is 0.357.